The number of nitrogens with zero attached hydrogens (tertiary/aromatic N) is 2. The summed E-state index contributed by atoms with van der Waals surface area (Å²) in [5, 5.41) is 18.0. The Morgan fingerprint density at radius 1 is 0.857 bits per heavy atom. The predicted octanol–water partition coefficient (Wildman–Crippen LogP) is 3.54. The number of nitro benzene ring substituents is 1. The molecule has 0 atom stereocenters. The molecule has 0 saturated heterocycles. The van der Waals surface area contributed by atoms with Gasteiger partial charge in [0.2, 0.25) is 0 Å². The van der Waals surface area contributed by atoms with Gasteiger partial charge in [0.05, 0.1) is 15.3 Å². The molecule has 0 spiro atoms. The molecule has 9 nitrogen and oxygen atoms in total. The van der Waals surface area contributed by atoms with Crippen LogP contribution in [-0.4, -0.2) is 43.6 Å². The first-order valence-electron chi connectivity index (χ1n) is 11.1. The summed E-state index contributed by atoms with van der Waals surface area (Å²) in [6, 6.07) is 21.9. The van der Waals surface area contributed by atoms with Gasteiger partial charge < -0.3 is 15.4 Å². The molecular weight excluding hydrogens is 468 g/mol. The van der Waals surface area contributed by atoms with Crippen LogP contribution in [0.4, 0.5) is 5.69 Å². The average molecular weight is 495 g/mol. The van der Waals surface area contributed by atoms with Crippen LogP contribution in [0, 0.1) is 10.1 Å². The minimum Gasteiger partial charge on any atom is -0.492 e. The van der Waals surface area contributed by atoms with Crippen molar-refractivity contribution in [3.63, 3.8) is 0 Å². The average Bonchev–Trinajstić information content (AvgIpc) is 3.32. The number of hydrogen-bond acceptors (Lipinski definition) is 7. The van der Waals surface area contributed by atoms with Gasteiger partial charge in [0.15, 0.2) is 0 Å². The summed E-state index contributed by atoms with van der Waals surface area (Å²) in [5.41, 5.74) is 1.63. The fourth-order valence-corrected chi connectivity index (χ4v) is 5.03. The quantitative estimate of drug-likeness (QED) is 0.176. The lowest BCUT2D eigenvalue weighted by Gasteiger charge is -2.11. The summed E-state index contributed by atoms with van der Waals surface area (Å²) < 4.78 is 33.2. The number of nitro groups is 1. The molecule has 0 aliphatic carbocycles. The van der Waals surface area contributed by atoms with Gasteiger partial charge in [0, 0.05) is 49.9 Å². The molecule has 0 aliphatic rings. The number of benzene rings is 3. The molecule has 0 aliphatic heterocycles. The van der Waals surface area contributed by atoms with Gasteiger partial charge in [-0.2, -0.15) is 0 Å². The molecule has 0 radical (unpaired) electrons. The van der Waals surface area contributed by atoms with Crippen LogP contribution in [0.2, 0.25) is 0 Å². The normalized spacial score (nSPS) is 11.5. The Balaban J connectivity index is 1.24. The molecule has 182 valence electrons. The van der Waals surface area contributed by atoms with E-state index >= 15 is 0 Å². The number of nitrogens with one attached hydrogen (secondary N) is 2. The summed E-state index contributed by atoms with van der Waals surface area (Å²) in [4.78, 5) is 10.5. The lowest BCUT2D eigenvalue weighted by Crippen LogP contribution is -2.29. The molecule has 0 bridgehead atoms. The summed E-state index contributed by atoms with van der Waals surface area (Å²) >= 11 is 0. The van der Waals surface area contributed by atoms with Gasteiger partial charge in [-0.15, -0.1) is 0 Å². The monoisotopic (exact) mass is 494 g/mol. The van der Waals surface area contributed by atoms with E-state index in [1.807, 2.05) is 6.07 Å². The van der Waals surface area contributed by atoms with Gasteiger partial charge >= 0.3 is 0 Å². The van der Waals surface area contributed by atoms with E-state index in [0.29, 0.717) is 31.0 Å². The molecule has 4 aromatic rings. The number of fused-ring (bicyclic) bond motifs is 1. The van der Waals surface area contributed by atoms with E-state index in [1.165, 1.54) is 16.1 Å². The highest BCUT2D eigenvalue weighted by atomic mass is 32.2. The Kier molecular flexibility index (Phi) is 7.76. The Morgan fingerprint density at radius 3 is 2.34 bits per heavy atom. The largest absolute Gasteiger partial charge is 0.492 e. The smallest absolute Gasteiger partial charge is 0.269 e. The number of rotatable bonds is 12. The summed E-state index contributed by atoms with van der Waals surface area (Å²) in [6.45, 7) is 3.14. The molecule has 35 heavy (non-hydrogen) atoms. The first-order valence-corrected chi connectivity index (χ1v) is 12.6. The number of aromatic nitrogens is 1. The van der Waals surface area contributed by atoms with Crippen molar-refractivity contribution >= 4 is 26.6 Å². The molecule has 0 unspecified atom stereocenters. The molecule has 0 saturated carbocycles. The fourth-order valence-electron chi connectivity index (χ4n) is 3.66. The van der Waals surface area contributed by atoms with Gasteiger partial charge in [-0.3, -0.25) is 10.1 Å². The molecule has 10 heteroatoms. The maximum Gasteiger partial charge on any atom is 0.269 e. The van der Waals surface area contributed by atoms with Gasteiger partial charge in [-0.05, 0) is 35.9 Å². The third kappa shape index (κ3) is 5.86. The second-order valence-electron chi connectivity index (χ2n) is 7.82. The zero-order chi connectivity index (χ0) is 24.7. The van der Waals surface area contributed by atoms with Crippen molar-refractivity contribution in [2.24, 2.45) is 0 Å². The van der Waals surface area contributed by atoms with Crippen LogP contribution in [0.3, 0.4) is 0 Å². The van der Waals surface area contributed by atoms with Crippen LogP contribution in [0.15, 0.2) is 90.0 Å². The molecule has 3 aromatic carbocycles. The van der Waals surface area contributed by atoms with Crippen molar-refractivity contribution in [3.8, 4) is 5.75 Å². The van der Waals surface area contributed by atoms with Crippen molar-refractivity contribution < 1.29 is 18.1 Å². The van der Waals surface area contributed by atoms with E-state index in [4.69, 9.17) is 4.74 Å². The lowest BCUT2D eigenvalue weighted by atomic mass is 10.2. The molecular formula is C25H26N4O5S. The third-order valence-electron chi connectivity index (χ3n) is 5.45. The van der Waals surface area contributed by atoms with Crippen LogP contribution in [0.1, 0.15) is 5.56 Å². The van der Waals surface area contributed by atoms with Crippen LogP contribution < -0.4 is 15.4 Å². The van der Waals surface area contributed by atoms with Crippen molar-refractivity contribution in [1.82, 2.24) is 14.6 Å². The van der Waals surface area contributed by atoms with Crippen molar-refractivity contribution in [2.75, 3.05) is 26.2 Å². The van der Waals surface area contributed by atoms with Crippen molar-refractivity contribution in [3.05, 3.63) is 101 Å². The van der Waals surface area contributed by atoms with E-state index in [2.05, 4.69) is 10.6 Å². The van der Waals surface area contributed by atoms with Crippen LogP contribution in [-0.2, 0) is 16.6 Å². The lowest BCUT2D eigenvalue weighted by molar-refractivity contribution is -0.384. The van der Waals surface area contributed by atoms with Crippen LogP contribution >= 0.6 is 0 Å². The van der Waals surface area contributed by atoms with Gasteiger partial charge in [-0.1, -0.05) is 36.4 Å². The maximum atomic E-state index is 13.0. The minimum absolute atomic E-state index is 0.0838. The molecule has 4 rings (SSSR count). The number of non-ortho nitro benzene ring substituents is 1. The zero-order valence-corrected chi connectivity index (χ0v) is 19.8. The summed E-state index contributed by atoms with van der Waals surface area (Å²) in [7, 11) is -3.69. The SMILES string of the molecule is O=[N+]([O-])c1ccc(CNCCNCCOc2cccc3c2ccn3S(=O)(=O)c2ccccc2)cc1. The Bertz CT molecular complexity index is 1390. The molecule has 1 heterocycles. The van der Waals surface area contributed by atoms with E-state index in [-0.39, 0.29) is 10.6 Å². The van der Waals surface area contributed by atoms with Gasteiger partial charge in [-0.25, -0.2) is 12.4 Å². The first kappa shape index (κ1) is 24.4. The fraction of sp³-hybridized carbons (Fsp3) is 0.200. The van der Waals surface area contributed by atoms with Gasteiger partial charge in [0.25, 0.3) is 15.7 Å². The number of hydrogen-bond donors (Lipinski definition) is 2. The van der Waals surface area contributed by atoms with Crippen molar-refractivity contribution in [2.45, 2.75) is 11.4 Å². The Morgan fingerprint density at radius 2 is 1.60 bits per heavy atom. The van der Waals surface area contributed by atoms with Crippen LogP contribution in [0.25, 0.3) is 10.9 Å². The Hall–Kier alpha value is -3.73. The van der Waals surface area contributed by atoms with Gasteiger partial charge in [0.1, 0.15) is 12.4 Å². The second kappa shape index (κ2) is 11.1. The van der Waals surface area contributed by atoms with Crippen molar-refractivity contribution in [1.29, 1.82) is 0 Å². The first-order chi connectivity index (χ1) is 17.0. The summed E-state index contributed by atoms with van der Waals surface area (Å²) in [5.74, 6) is 0.627. The van der Waals surface area contributed by atoms with Crippen LogP contribution in [0.5, 0.6) is 5.75 Å². The number of ether oxygens (including phenoxy) is 1. The molecule has 0 amide bonds. The molecule has 2 N–H and O–H groups in total. The second-order valence-corrected chi connectivity index (χ2v) is 9.63. The van der Waals surface area contributed by atoms with E-state index < -0.39 is 14.9 Å². The highest BCUT2D eigenvalue weighted by molar-refractivity contribution is 7.90. The third-order valence-corrected chi connectivity index (χ3v) is 7.15. The van der Waals surface area contributed by atoms with E-state index in [0.717, 1.165) is 24.0 Å². The minimum atomic E-state index is -3.69. The predicted molar refractivity (Wildman–Crippen MR) is 134 cm³/mol. The topological polar surface area (TPSA) is 116 Å². The molecule has 0 fully saturated rings. The highest BCUT2D eigenvalue weighted by Crippen LogP contribution is 2.29. The van der Waals surface area contributed by atoms with E-state index in [9.17, 15) is 18.5 Å². The maximum absolute atomic E-state index is 13.0. The standard InChI is InChI=1S/C25H26N4O5S/c30-29(31)21-11-9-20(10-12-21)19-27-15-14-26-16-18-34-25-8-4-7-24-23(25)13-17-28(24)35(32,33)22-5-2-1-3-6-22/h1-13,17,26-27H,14-16,18-19H2. The summed E-state index contributed by atoms with van der Waals surface area (Å²) in [6.07, 6.45) is 1.55. The van der Waals surface area contributed by atoms with E-state index in [1.54, 1.807) is 66.9 Å². The highest BCUT2D eigenvalue weighted by Gasteiger charge is 2.19. The Labute approximate surface area is 203 Å². The molecule has 1 aromatic heterocycles. The zero-order valence-electron chi connectivity index (χ0n) is 19.0.